The van der Waals surface area contributed by atoms with Crippen LogP contribution in [0.5, 0.6) is 11.5 Å². The molecule has 0 aromatic heterocycles. The van der Waals surface area contributed by atoms with Gasteiger partial charge in [0, 0.05) is 12.0 Å². The third kappa shape index (κ3) is 4.26. The Morgan fingerprint density at radius 1 is 1.09 bits per heavy atom. The number of hydrogen-bond donors (Lipinski definition) is 0. The molecule has 0 saturated carbocycles. The van der Waals surface area contributed by atoms with E-state index in [4.69, 9.17) is 18.9 Å². The molecule has 0 aliphatic carbocycles. The highest BCUT2D eigenvalue weighted by atomic mass is 28.3. The van der Waals surface area contributed by atoms with Crippen molar-refractivity contribution >= 4 is 8.07 Å². The maximum atomic E-state index is 5.64. The molecule has 22 heavy (non-hydrogen) atoms. The lowest BCUT2D eigenvalue weighted by atomic mass is 10.0. The summed E-state index contributed by atoms with van der Waals surface area (Å²) in [5.74, 6) is 4.68. The van der Waals surface area contributed by atoms with Gasteiger partial charge in [-0.1, -0.05) is 19.6 Å². The predicted octanol–water partition coefficient (Wildman–Crippen LogP) is 3.17. The van der Waals surface area contributed by atoms with Crippen LogP contribution in [0.1, 0.15) is 17.4 Å². The van der Waals surface area contributed by atoms with Crippen LogP contribution in [0.25, 0.3) is 0 Å². The second-order valence-corrected chi connectivity index (χ2v) is 11.0. The summed E-state index contributed by atoms with van der Waals surface area (Å²) in [6, 6.07) is 3.90. The fraction of sp³-hybridized carbons (Fsp3) is 0.529. The highest BCUT2D eigenvalue weighted by molar-refractivity contribution is 6.83. The Morgan fingerprint density at radius 3 is 2.23 bits per heavy atom. The van der Waals surface area contributed by atoms with Gasteiger partial charge in [0.05, 0.1) is 27.4 Å². The first kappa shape index (κ1) is 16.9. The second-order valence-electron chi connectivity index (χ2n) is 6.21. The lowest BCUT2D eigenvalue weighted by Gasteiger charge is -2.17. The Balaban J connectivity index is 2.37. The first-order valence-corrected chi connectivity index (χ1v) is 10.9. The van der Waals surface area contributed by atoms with E-state index in [1.165, 1.54) is 0 Å². The monoisotopic (exact) mass is 320 g/mol. The summed E-state index contributed by atoms with van der Waals surface area (Å²) in [6.45, 7) is 7.92. The first-order valence-electron chi connectivity index (χ1n) is 7.42. The second kappa shape index (κ2) is 7.19. The van der Waals surface area contributed by atoms with E-state index in [1.807, 2.05) is 12.1 Å². The van der Waals surface area contributed by atoms with Crippen LogP contribution in [0.4, 0.5) is 0 Å². The van der Waals surface area contributed by atoms with E-state index in [0.717, 1.165) is 11.1 Å². The number of hydrogen-bond acceptors (Lipinski definition) is 4. The molecule has 0 bridgehead atoms. The van der Waals surface area contributed by atoms with Gasteiger partial charge < -0.3 is 18.9 Å². The van der Waals surface area contributed by atoms with Gasteiger partial charge in [0.2, 0.25) is 0 Å². The van der Waals surface area contributed by atoms with E-state index in [0.29, 0.717) is 31.1 Å². The van der Waals surface area contributed by atoms with Crippen LogP contribution < -0.4 is 9.47 Å². The molecule has 1 aromatic rings. The van der Waals surface area contributed by atoms with E-state index in [9.17, 15) is 0 Å². The largest absolute Gasteiger partial charge is 0.493 e. The van der Waals surface area contributed by atoms with Crippen molar-refractivity contribution in [3.05, 3.63) is 23.3 Å². The molecule has 1 fully saturated rings. The molecule has 0 N–H and O–H groups in total. The zero-order valence-corrected chi connectivity index (χ0v) is 15.0. The molecule has 0 unspecified atom stereocenters. The van der Waals surface area contributed by atoms with Gasteiger partial charge in [0.25, 0.3) is 0 Å². The van der Waals surface area contributed by atoms with Crippen LogP contribution in [0.2, 0.25) is 19.6 Å². The van der Waals surface area contributed by atoms with Crippen LogP contribution in [0.15, 0.2) is 12.1 Å². The normalized spacial score (nSPS) is 15.3. The van der Waals surface area contributed by atoms with Crippen LogP contribution in [-0.2, 0) is 15.9 Å². The molecule has 1 aliphatic rings. The molecule has 0 amide bonds. The zero-order valence-electron chi connectivity index (χ0n) is 14.0. The minimum Gasteiger partial charge on any atom is -0.493 e. The van der Waals surface area contributed by atoms with Gasteiger partial charge in [0.1, 0.15) is 8.07 Å². The van der Waals surface area contributed by atoms with Gasteiger partial charge >= 0.3 is 0 Å². The average molecular weight is 320 g/mol. The van der Waals surface area contributed by atoms with Gasteiger partial charge in [-0.2, -0.15) is 0 Å². The Kier molecular flexibility index (Phi) is 5.51. The van der Waals surface area contributed by atoms with Crippen molar-refractivity contribution in [3.8, 4) is 23.0 Å². The van der Waals surface area contributed by atoms with Crippen LogP contribution >= 0.6 is 0 Å². The fourth-order valence-corrected chi connectivity index (χ4v) is 2.87. The van der Waals surface area contributed by atoms with E-state index >= 15 is 0 Å². The molecule has 120 valence electrons. The van der Waals surface area contributed by atoms with Crippen LogP contribution in [0, 0.1) is 11.5 Å². The third-order valence-electron chi connectivity index (χ3n) is 3.26. The first-order chi connectivity index (χ1) is 10.4. The summed E-state index contributed by atoms with van der Waals surface area (Å²) < 4.78 is 22.1. The maximum absolute atomic E-state index is 5.64. The lowest BCUT2D eigenvalue weighted by molar-refractivity contribution is -0.0447. The zero-order chi connectivity index (χ0) is 16.2. The summed E-state index contributed by atoms with van der Waals surface area (Å²) in [4.78, 5) is 0. The number of rotatable bonds is 4. The Labute approximate surface area is 133 Å². The molecule has 1 heterocycles. The molecule has 1 aliphatic heterocycles. The lowest BCUT2D eigenvalue weighted by Crippen LogP contribution is -2.16. The van der Waals surface area contributed by atoms with Crippen molar-refractivity contribution in [2.75, 3.05) is 27.4 Å². The maximum Gasteiger partial charge on any atom is 0.184 e. The van der Waals surface area contributed by atoms with Crippen LogP contribution in [-0.4, -0.2) is 35.5 Å². The topological polar surface area (TPSA) is 36.9 Å². The summed E-state index contributed by atoms with van der Waals surface area (Å²) in [7, 11) is 1.89. The van der Waals surface area contributed by atoms with Gasteiger partial charge in [-0.15, -0.1) is 11.5 Å². The molecular formula is C17H24O4Si. The molecule has 4 nitrogen and oxygen atoms in total. The third-order valence-corrected chi connectivity index (χ3v) is 4.19. The summed E-state index contributed by atoms with van der Waals surface area (Å²) in [6.07, 6.45) is 0.312. The van der Waals surface area contributed by atoms with Crippen molar-refractivity contribution in [2.24, 2.45) is 0 Å². The minimum atomic E-state index is -1.38. The predicted molar refractivity (Wildman–Crippen MR) is 89.0 cm³/mol. The van der Waals surface area contributed by atoms with Crippen LogP contribution in [0.3, 0.4) is 0 Å². The molecule has 0 spiro atoms. The SMILES string of the molecule is COc1cc(CC#C[Si](C)(C)C)c(C2OCCO2)cc1OC. The number of ether oxygens (including phenoxy) is 4. The fourth-order valence-electron chi connectivity index (χ4n) is 2.25. The highest BCUT2D eigenvalue weighted by Gasteiger charge is 2.23. The standard InChI is InChI=1S/C17H24O4Si/c1-18-15-11-13(7-6-10-22(3,4)5)14(12-16(15)19-2)17-20-8-9-21-17/h11-12,17H,7-9H2,1-5H3. The Hall–Kier alpha value is -1.48. The smallest absolute Gasteiger partial charge is 0.184 e. The molecule has 1 saturated heterocycles. The highest BCUT2D eigenvalue weighted by Crippen LogP contribution is 2.36. The van der Waals surface area contributed by atoms with E-state index < -0.39 is 8.07 Å². The molecule has 5 heteroatoms. The molecule has 2 rings (SSSR count). The van der Waals surface area contributed by atoms with Gasteiger partial charge in [-0.25, -0.2) is 0 Å². The van der Waals surface area contributed by atoms with Crippen molar-refractivity contribution in [1.82, 2.24) is 0 Å². The van der Waals surface area contributed by atoms with Crippen molar-refractivity contribution < 1.29 is 18.9 Å². The number of methoxy groups -OCH3 is 2. The quantitative estimate of drug-likeness (QED) is 0.631. The van der Waals surface area contributed by atoms with Gasteiger partial charge in [-0.3, -0.25) is 0 Å². The Bertz CT molecular complexity index is 575. The molecule has 1 aromatic carbocycles. The van der Waals surface area contributed by atoms with Crippen molar-refractivity contribution in [1.29, 1.82) is 0 Å². The molecule has 0 atom stereocenters. The molecule has 0 radical (unpaired) electrons. The molecular weight excluding hydrogens is 296 g/mol. The summed E-state index contributed by atoms with van der Waals surface area (Å²) in [5.41, 5.74) is 5.43. The van der Waals surface area contributed by atoms with E-state index in [-0.39, 0.29) is 6.29 Å². The average Bonchev–Trinajstić information content (AvgIpc) is 2.99. The minimum absolute atomic E-state index is 0.344. The summed E-state index contributed by atoms with van der Waals surface area (Å²) in [5, 5.41) is 0. The van der Waals surface area contributed by atoms with Gasteiger partial charge in [0.15, 0.2) is 17.8 Å². The summed E-state index contributed by atoms with van der Waals surface area (Å²) >= 11 is 0. The van der Waals surface area contributed by atoms with Crippen molar-refractivity contribution in [3.63, 3.8) is 0 Å². The van der Waals surface area contributed by atoms with Gasteiger partial charge in [-0.05, 0) is 17.7 Å². The van der Waals surface area contributed by atoms with E-state index in [2.05, 4.69) is 31.1 Å². The van der Waals surface area contributed by atoms with E-state index in [1.54, 1.807) is 14.2 Å². The van der Waals surface area contributed by atoms with Crippen molar-refractivity contribution in [2.45, 2.75) is 32.4 Å². The number of benzene rings is 1. The Morgan fingerprint density at radius 2 is 1.68 bits per heavy atom.